The van der Waals surface area contributed by atoms with E-state index in [4.69, 9.17) is 0 Å². The highest BCUT2D eigenvalue weighted by atomic mass is 16.5. The van der Waals surface area contributed by atoms with Gasteiger partial charge in [0.25, 0.3) is 0 Å². The minimum atomic E-state index is -0.604. The Morgan fingerprint density at radius 1 is 1.64 bits per heavy atom. The van der Waals surface area contributed by atoms with Crippen LogP contribution in [0.2, 0.25) is 0 Å². The van der Waals surface area contributed by atoms with Crippen LogP contribution in [0.5, 0.6) is 0 Å². The van der Waals surface area contributed by atoms with Gasteiger partial charge in [-0.15, -0.1) is 0 Å². The molecule has 1 aliphatic heterocycles. The monoisotopic (exact) mass is 157 g/mol. The Bertz CT molecular complexity index is 210. The molecule has 1 N–H and O–H groups in total. The van der Waals surface area contributed by atoms with Crippen molar-refractivity contribution in [1.29, 1.82) is 0 Å². The van der Waals surface area contributed by atoms with Crippen LogP contribution in [0.4, 0.5) is 0 Å². The van der Waals surface area contributed by atoms with Gasteiger partial charge in [0.15, 0.2) is 0 Å². The molecule has 0 aromatic rings. The average molecular weight is 157 g/mol. The van der Waals surface area contributed by atoms with E-state index in [1.807, 2.05) is 0 Å². The van der Waals surface area contributed by atoms with Crippen LogP contribution in [0.3, 0.4) is 0 Å². The highest BCUT2D eigenvalue weighted by Crippen LogP contribution is 2.29. The van der Waals surface area contributed by atoms with Crippen molar-refractivity contribution in [2.75, 3.05) is 7.11 Å². The summed E-state index contributed by atoms with van der Waals surface area (Å²) in [6.07, 6.45) is 0. The largest absolute Gasteiger partial charge is 0.467 e. The van der Waals surface area contributed by atoms with Crippen LogP contribution in [0.25, 0.3) is 0 Å². The number of hydrogen-bond acceptors (Lipinski definition) is 3. The van der Waals surface area contributed by atoms with E-state index in [2.05, 4.69) is 10.1 Å². The Morgan fingerprint density at radius 2 is 2.18 bits per heavy atom. The molecule has 1 heterocycles. The maximum atomic E-state index is 10.9. The normalized spacial score (nSPS) is 26.8. The second-order valence-corrected chi connectivity index (χ2v) is 3.15. The lowest BCUT2D eigenvalue weighted by molar-refractivity contribution is -0.161. The minimum absolute atomic E-state index is 0.104. The minimum Gasteiger partial charge on any atom is -0.467 e. The number of ether oxygens (including phenoxy) is 1. The van der Waals surface area contributed by atoms with Gasteiger partial charge in [-0.2, -0.15) is 0 Å². The van der Waals surface area contributed by atoms with E-state index in [0.29, 0.717) is 0 Å². The molecule has 0 aromatic heterocycles. The van der Waals surface area contributed by atoms with Crippen molar-refractivity contribution in [3.05, 3.63) is 0 Å². The summed E-state index contributed by atoms with van der Waals surface area (Å²) >= 11 is 0. The zero-order valence-corrected chi connectivity index (χ0v) is 6.80. The summed E-state index contributed by atoms with van der Waals surface area (Å²) in [6, 6.07) is -0.472. The summed E-state index contributed by atoms with van der Waals surface area (Å²) < 4.78 is 4.48. The fourth-order valence-electron chi connectivity index (χ4n) is 1.02. The summed E-state index contributed by atoms with van der Waals surface area (Å²) in [6.45, 7) is 3.43. The first-order chi connectivity index (χ1) is 5.00. The smallest absolute Gasteiger partial charge is 0.329 e. The number of carbonyl (C=O) groups is 2. The van der Waals surface area contributed by atoms with Crippen molar-refractivity contribution in [3.63, 3.8) is 0 Å². The number of esters is 1. The van der Waals surface area contributed by atoms with Gasteiger partial charge in [0.1, 0.15) is 6.04 Å². The van der Waals surface area contributed by atoms with Crippen LogP contribution in [0.1, 0.15) is 13.8 Å². The van der Waals surface area contributed by atoms with Gasteiger partial charge in [-0.1, -0.05) is 0 Å². The molecule has 4 heteroatoms. The van der Waals surface area contributed by atoms with Gasteiger partial charge in [0, 0.05) is 0 Å². The van der Waals surface area contributed by atoms with E-state index in [1.54, 1.807) is 13.8 Å². The zero-order valence-electron chi connectivity index (χ0n) is 6.80. The van der Waals surface area contributed by atoms with Crippen LogP contribution in [-0.2, 0) is 14.3 Å². The fraction of sp³-hybridized carbons (Fsp3) is 0.714. The first kappa shape index (κ1) is 8.04. The highest BCUT2D eigenvalue weighted by molar-refractivity contribution is 5.99. The summed E-state index contributed by atoms with van der Waals surface area (Å²) in [7, 11) is 1.31. The predicted molar refractivity (Wildman–Crippen MR) is 37.7 cm³/mol. The molecule has 0 bridgehead atoms. The van der Waals surface area contributed by atoms with Crippen molar-refractivity contribution < 1.29 is 14.3 Å². The van der Waals surface area contributed by atoms with Crippen LogP contribution < -0.4 is 5.32 Å². The quantitative estimate of drug-likeness (QED) is 0.419. The molecule has 1 unspecified atom stereocenters. The topological polar surface area (TPSA) is 55.4 Å². The van der Waals surface area contributed by atoms with E-state index in [0.717, 1.165) is 0 Å². The molecule has 0 saturated carbocycles. The second kappa shape index (κ2) is 2.22. The molecule has 1 amide bonds. The zero-order chi connectivity index (χ0) is 8.65. The lowest BCUT2D eigenvalue weighted by Crippen LogP contribution is -2.67. The maximum Gasteiger partial charge on any atom is 0.329 e. The Labute approximate surface area is 64.9 Å². The molecule has 62 valence electrons. The molecule has 4 nitrogen and oxygen atoms in total. The van der Waals surface area contributed by atoms with E-state index in [-0.39, 0.29) is 11.9 Å². The predicted octanol–water partition coefficient (Wildman–Crippen LogP) is -0.316. The number of hydrogen-bond donors (Lipinski definition) is 1. The van der Waals surface area contributed by atoms with Gasteiger partial charge in [0.2, 0.25) is 5.91 Å². The van der Waals surface area contributed by atoms with Crippen molar-refractivity contribution in [2.45, 2.75) is 19.9 Å². The highest BCUT2D eigenvalue weighted by Gasteiger charge is 2.52. The van der Waals surface area contributed by atoms with Gasteiger partial charge in [0.05, 0.1) is 12.5 Å². The molecule has 0 radical (unpaired) electrons. The van der Waals surface area contributed by atoms with Gasteiger partial charge in [-0.3, -0.25) is 4.79 Å². The third kappa shape index (κ3) is 0.982. The fourth-order valence-corrected chi connectivity index (χ4v) is 1.02. The van der Waals surface area contributed by atoms with Crippen molar-refractivity contribution in [1.82, 2.24) is 5.32 Å². The lowest BCUT2D eigenvalue weighted by atomic mass is 9.76. The molecule has 0 spiro atoms. The number of β-lactam (4-membered cyclic amide) rings is 1. The number of rotatable bonds is 1. The van der Waals surface area contributed by atoms with Crippen molar-refractivity contribution >= 4 is 11.9 Å². The van der Waals surface area contributed by atoms with E-state index >= 15 is 0 Å². The first-order valence-electron chi connectivity index (χ1n) is 3.39. The van der Waals surface area contributed by atoms with E-state index < -0.39 is 11.5 Å². The molecule has 0 aliphatic carbocycles. The maximum absolute atomic E-state index is 10.9. The lowest BCUT2D eigenvalue weighted by Gasteiger charge is -2.41. The molecule has 11 heavy (non-hydrogen) atoms. The van der Waals surface area contributed by atoms with E-state index in [9.17, 15) is 9.59 Å². The molecule has 1 saturated heterocycles. The Balaban J connectivity index is 2.66. The summed E-state index contributed by atoms with van der Waals surface area (Å²) in [5.41, 5.74) is -0.604. The molecule has 1 atom stereocenters. The summed E-state index contributed by atoms with van der Waals surface area (Å²) in [5, 5.41) is 2.47. The van der Waals surface area contributed by atoms with Gasteiger partial charge in [-0.25, -0.2) is 4.79 Å². The second-order valence-electron chi connectivity index (χ2n) is 3.15. The van der Waals surface area contributed by atoms with Crippen molar-refractivity contribution in [3.8, 4) is 0 Å². The van der Waals surface area contributed by atoms with E-state index in [1.165, 1.54) is 7.11 Å². The summed E-state index contributed by atoms with van der Waals surface area (Å²) in [5.74, 6) is -0.484. The number of methoxy groups -OCH3 is 1. The SMILES string of the molecule is COC(=O)C1NC(=O)C1(C)C. The standard InChI is InChI=1S/C7H11NO3/c1-7(2)4(5(9)11-3)8-6(7)10/h4H,1-3H3,(H,8,10). The molecule has 1 fully saturated rings. The van der Waals surface area contributed by atoms with Crippen LogP contribution >= 0.6 is 0 Å². The van der Waals surface area contributed by atoms with Crippen LogP contribution in [0, 0.1) is 5.41 Å². The average Bonchev–Trinajstić information content (AvgIpc) is 1.98. The molecule has 0 aromatic carbocycles. The third-order valence-electron chi connectivity index (χ3n) is 2.02. The van der Waals surface area contributed by atoms with Crippen LogP contribution in [-0.4, -0.2) is 25.0 Å². The first-order valence-corrected chi connectivity index (χ1v) is 3.39. The third-order valence-corrected chi connectivity index (χ3v) is 2.02. The Kier molecular flexibility index (Phi) is 1.62. The molecule has 1 rings (SSSR count). The molecule has 1 aliphatic rings. The molecular formula is C7H11NO3. The molecular weight excluding hydrogens is 146 g/mol. The Morgan fingerprint density at radius 3 is 2.45 bits per heavy atom. The van der Waals surface area contributed by atoms with Crippen molar-refractivity contribution in [2.24, 2.45) is 5.41 Å². The van der Waals surface area contributed by atoms with Crippen LogP contribution in [0.15, 0.2) is 0 Å². The summed E-state index contributed by atoms with van der Waals surface area (Å²) in [4.78, 5) is 21.8. The van der Waals surface area contributed by atoms with Gasteiger partial charge < -0.3 is 10.1 Å². The number of amides is 1. The van der Waals surface area contributed by atoms with Gasteiger partial charge in [-0.05, 0) is 13.8 Å². The number of carbonyl (C=O) groups excluding carboxylic acids is 2. The van der Waals surface area contributed by atoms with Gasteiger partial charge >= 0.3 is 5.97 Å². The Hall–Kier alpha value is -1.06. The number of nitrogens with one attached hydrogen (secondary N) is 1.